The number of nitrogens with one attached hydrogen (secondary N) is 3. The molecular formula is C18H17Br2N3O3S. The van der Waals surface area contributed by atoms with Crippen LogP contribution in [0, 0.1) is 13.8 Å². The van der Waals surface area contributed by atoms with Crippen LogP contribution in [0.15, 0.2) is 45.3 Å². The van der Waals surface area contributed by atoms with Crippen LogP contribution in [-0.2, 0) is 4.79 Å². The summed E-state index contributed by atoms with van der Waals surface area (Å²) in [6, 6.07) is 10.7. The second-order valence-electron chi connectivity index (χ2n) is 5.64. The van der Waals surface area contributed by atoms with E-state index in [2.05, 4.69) is 48.0 Å². The number of benzene rings is 2. The number of rotatable bonds is 4. The fourth-order valence-electron chi connectivity index (χ4n) is 2.08. The standard InChI is InChI=1S/C18H17Br2N3O3S/c1-10-3-5-12(6-4-10)17(25)21-18(27)23-22-15(24)9-26-16-11(2)7-13(19)8-14(16)20/h3-8H,9H2,1-2H3,(H,22,24)(H2,21,23,25,27). The third kappa shape index (κ3) is 6.60. The minimum Gasteiger partial charge on any atom is -0.482 e. The molecule has 142 valence electrons. The maximum atomic E-state index is 12.0. The fraction of sp³-hybridized carbons (Fsp3) is 0.167. The molecule has 0 fully saturated rings. The molecule has 2 aromatic rings. The predicted molar refractivity (Wildman–Crippen MR) is 115 cm³/mol. The Bertz CT molecular complexity index is 850. The molecule has 2 amide bonds. The normalized spacial score (nSPS) is 10.1. The van der Waals surface area contributed by atoms with E-state index in [-0.39, 0.29) is 17.6 Å². The summed E-state index contributed by atoms with van der Waals surface area (Å²) in [6.45, 7) is 3.58. The van der Waals surface area contributed by atoms with E-state index in [1.54, 1.807) is 12.1 Å². The molecule has 0 aliphatic heterocycles. The number of amides is 2. The van der Waals surface area contributed by atoms with Gasteiger partial charge in [-0.05, 0) is 71.8 Å². The van der Waals surface area contributed by atoms with Gasteiger partial charge in [-0.15, -0.1) is 0 Å². The van der Waals surface area contributed by atoms with E-state index in [4.69, 9.17) is 17.0 Å². The van der Waals surface area contributed by atoms with Crippen LogP contribution in [0.3, 0.4) is 0 Å². The van der Waals surface area contributed by atoms with Crippen LogP contribution in [0.2, 0.25) is 0 Å². The quantitative estimate of drug-likeness (QED) is 0.429. The van der Waals surface area contributed by atoms with Crippen molar-refractivity contribution in [3.8, 4) is 5.75 Å². The molecule has 9 heteroatoms. The summed E-state index contributed by atoms with van der Waals surface area (Å²) < 4.78 is 7.16. The van der Waals surface area contributed by atoms with E-state index < -0.39 is 5.91 Å². The molecule has 0 aromatic heterocycles. The Hall–Kier alpha value is -1.97. The largest absolute Gasteiger partial charge is 0.482 e. The van der Waals surface area contributed by atoms with Gasteiger partial charge in [0.15, 0.2) is 11.7 Å². The first-order valence-electron chi connectivity index (χ1n) is 7.81. The van der Waals surface area contributed by atoms with E-state index in [1.165, 1.54) is 0 Å². The molecule has 0 spiro atoms. The first-order chi connectivity index (χ1) is 12.8. The zero-order valence-electron chi connectivity index (χ0n) is 14.6. The number of carbonyl (C=O) groups excluding carboxylic acids is 2. The molecule has 0 aliphatic carbocycles. The number of ether oxygens (including phenoxy) is 1. The van der Waals surface area contributed by atoms with Crippen molar-refractivity contribution in [3.63, 3.8) is 0 Å². The summed E-state index contributed by atoms with van der Waals surface area (Å²) in [4.78, 5) is 23.9. The van der Waals surface area contributed by atoms with Crippen LogP contribution in [0.4, 0.5) is 0 Å². The maximum Gasteiger partial charge on any atom is 0.276 e. The molecule has 27 heavy (non-hydrogen) atoms. The minimum absolute atomic E-state index is 0.0186. The lowest BCUT2D eigenvalue weighted by Crippen LogP contribution is -2.49. The Morgan fingerprint density at radius 2 is 1.74 bits per heavy atom. The van der Waals surface area contributed by atoms with Crippen molar-refractivity contribution in [1.29, 1.82) is 0 Å². The van der Waals surface area contributed by atoms with Crippen LogP contribution in [0.1, 0.15) is 21.5 Å². The molecule has 2 rings (SSSR count). The summed E-state index contributed by atoms with van der Waals surface area (Å²) in [5.41, 5.74) is 7.23. The van der Waals surface area contributed by atoms with Crippen molar-refractivity contribution in [1.82, 2.24) is 16.2 Å². The highest BCUT2D eigenvalue weighted by molar-refractivity contribution is 9.11. The van der Waals surface area contributed by atoms with Crippen LogP contribution >= 0.6 is 44.1 Å². The van der Waals surface area contributed by atoms with Crippen molar-refractivity contribution in [2.24, 2.45) is 0 Å². The third-order valence-electron chi connectivity index (χ3n) is 3.40. The number of carbonyl (C=O) groups is 2. The van der Waals surface area contributed by atoms with Gasteiger partial charge < -0.3 is 4.74 Å². The monoisotopic (exact) mass is 513 g/mol. The molecule has 0 radical (unpaired) electrons. The zero-order chi connectivity index (χ0) is 20.0. The number of aryl methyl sites for hydroxylation is 2. The summed E-state index contributed by atoms with van der Waals surface area (Å²) in [6.07, 6.45) is 0. The third-order valence-corrected chi connectivity index (χ3v) is 4.65. The fourth-order valence-corrected chi connectivity index (χ4v) is 3.78. The predicted octanol–water partition coefficient (Wildman–Crippen LogP) is 3.54. The molecule has 0 unspecified atom stereocenters. The van der Waals surface area contributed by atoms with Crippen LogP contribution < -0.4 is 20.9 Å². The lowest BCUT2D eigenvalue weighted by atomic mass is 10.1. The van der Waals surface area contributed by atoms with Gasteiger partial charge in [0.05, 0.1) is 4.47 Å². The van der Waals surface area contributed by atoms with Gasteiger partial charge in [-0.25, -0.2) is 0 Å². The molecule has 3 N–H and O–H groups in total. The molecule has 6 nitrogen and oxygen atoms in total. The summed E-state index contributed by atoms with van der Waals surface area (Å²) >= 11 is 11.8. The van der Waals surface area contributed by atoms with Gasteiger partial charge in [-0.1, -0.05) is 33.6 Å². The SMILES string of the molecule is Cc1ccc(C(=O)NC(=S)NNC(=O)COc2c(C)cc(Br)cc2Br)cc1. The van der Waals surface area contributed by atoms with Gasteiger partial charge >= 0.3 is 0 Å². The molecule has 0 aliphatic rings. The topological polar surface area (TPSA) is 79.5 Å². The van der Waals surface area contributed by atoms with Gasteiger partial charge in [-0.3, -0.25) is 25.8 Å². The maximum absolute atomic E-state index is 12.0. The first kappa shape index (κ1) is 21.3. The zero-order valence-corrected chi connectivity index (χ0v) is 18.5. The lowest BCUT2D eigenvalue weighted by molar-refractivity contribution is -0.123. The van der Waals surface area contributed by atoms with E-state index in [0.29, 0.717) is 11.3 Å². The first-order valence-corrected chi connectivity index (χ1v) is 9.81. The molecule has 0 bridgehead atoms. The van der Waals surface area contributed by atoms with Crippen molar-refractivity contribution < 1.29 is 14.3 Å². The van der Waals surface area contributed by atoms with Gasteiger partial charge in [0.25, 0.3) is 11.8 Å². The van der Waals surface area contributed by atoms with Crippen molar-refractivity contribution in [3.05, 3.63) is 62.0 Å². The molecule has 0 atom stereocenters. The van der Waals surface area contributed by atoms with Crippen LogP contribution in [0.5, 0.6) is 5.75 Å². The van der Waals surface area contributed by atoms with E-state index >= 15 is 0 Å². The Morgan fingerprint density at radius 3 is 2.37 bits per heavy atom. The molecular weight excluding hydrogens is 498 g/mol. The molecule has 2 aromatic carbocycles. The van der Waals surface area contributed by atoms with E-state index in [1.807, 2.05) is 38.1 Å². The van der Waals surface area contributed by atoms with E-state index in [0.717, 1.165) is 20.1 Å². The lowest BCUT2D eigenvalue weighted by Gasteiger charge is -2.13. The second kappa shape index (κ2) is 9.82. The van der Waals surface area contributed by atoms with Crippen molar-refractivity contribution in [2.75, 3.05) is 6.61 Å². The highest BCUT2D eigenvalue weighted by Gasteiger charge is 2.11. The molecule has 0 heterocycles. The summed E-state index contributed by atoms with van der Waals surface area (Å²) in [7, 11) is 0. The van der Waals surface area contributed by atoms with E-state index in [9.17, 15) is 9.59 Å². The average Bonchev–Trinajstić information content (AvgIpc) is 2.59. The molecule has 0 saturated heterocycles. The number of hydrazine groups is 1. The highest BCUT2D eigenvalue weighted by atomic mass is 79.9. The Kier molecular flexibility index (Phi) is 7.76. The number of thiocarbonyl (C=S) groups is 1. The van der Waals surface area contributed by atoms with Crippen LogP contribution in [0.25, 0.3) is 0 Å². The van der Waals surface area contributed by atoms with Crippen molar-refractivity contribution >= 4 is 61.0 Å². The Balaban J connectivity index is 1.79. The van der Waals surface area contributed by atoms with Gasteiger partial charge in [0, 0.05) is 10.0 Å². The highest BCUT2D eigenvalue weighted by Crippen LogP contribution is 2.32. The number of hydrogen-bond acceptors (Lipinski definition) is 4. The Labute approximate surface area is 179 Å². The second-order valence-corrected chi connectivity index (χ2v) is 7.82. The smallest absolute Gasteiger partial charge is 0.276 e. The van der Waals surface area contributed by atoms with Gasteiger partial charge in [-0.2, -0.15) is 0 Å². The molecule has 0 saturated carbocycles. The minimum atomic E-state index is -0.448. The summed E-state index contributed by atoms with van der Waals surface area (Å²) in [5, 5.41) is 2.46. The van der Waals surface area contributed by atoms with Crippen LogP contribution in [-0.4, -0.2) is 23.5 Å². The van der Waals surface area contributed by atoms with Gasteiger partial charge in [0.1, 0.15) is 5.75 Å². The number of hydrogen-bond donors (Lipinski definition) is 3. The van der Waals surface area contributed by atoms with Crippen molar-refractivity contribution in [2.45, 2.75) is 13.8 Å². The number of halogens is 2. The average molecular weight is 515 g/mol. The Morgan fingerprint density at radius 1 is 1.07 bits per heavy atom. The van der Waals surface area contributed by atoms with Gasteiger partial charge in [0.2, 0.25) is 0 Å². The summed E-state index contributed by atoms with van der Waals surface area (Å²) in [5.74, 6) is -0.243.